The molecule has 96 valence electrons. The van der Waals surface area contributed by atoms with Gasteiger partial charge < -0.3 is 10.1 Å². The molecule has 0 saturated heterocycles. The maximum atomic E-state index is 11.2. The van der Waals surface area contributed by atoms with Gasteiger partial charge in [0.05, 0.1) is 5.54 Å². The van der Waals surface area contributed by atoms with Gasteiger partial charge in [0.15, 0.2) is 0 Å². The smallest absolute Gasteiger partial charge is 0.308 e. The lowest BCUT2D eigenvalue weighted by Gasteiger charge is -2.33. The molecule has 0 amide bonds. The van der Waals surface area contributed by atoms with Gasteiger partial charge in [-0.05, 0) is 44.9 Å². The molecule has 0 bridgehead atoms. The topological polar surface area (TPSA) is 38.3 Å². The number of hydrogen-bond acceptors (Lipinski definition) is 3. The first kappa shape index (κ1) is 12.7. The van der Waals surface area contributed by atoms with E-state index in [0.717, 1.165) is 22.4 Å². The summed E-state index contributed by atoms with van der Waals surface area (Å²) in [6, 6.07) is 3.83. The number of carbonyl (C=O) groups is 1. The largest absolute Gasteiger partial charge is 0.426 e. The fraction of sp³-hybridized carbons (Fsp3) is 0.400. The van der Waals surface area contributed by atoms with Crippen molar-refractivity contribution in [2.45, 2.75) is 40.2 Å². The van der Waals surface area contributed by atoms with Crippen molar-refractivity contribution in [3.63, 3.8) is 0 Å². The summed E-state index contributed by atoms with van der Waals surface area (Å²) in [4.78, 5) is 11.2. The molecule has 0 saturated carbocycles. The third kappa shape index (κ3) is 2.26. The van der Waals surface area contributed by atoms with Crippen LogP contribution in [0.2, 0.25) is 0 Å². The number of allylic oxidation sites excluding steroid dienone is 1. The van der Waals surface area contributed by atoms with Gasteiger partial charge in [0.2, 0.25) is 0 Å². The summed E-state index contributed by atoms with van der Waals surface area (Å²) >= 11 is 0. The van der Waals surface area contributed by atoms with E-state index in [0.29, 0.717) is 5.75 Å². The first-order valence-corrected chi connectivity index (χ1v) is 6.10. The van der Waals surface area contributed by atoms with Gasteiger partial charge in [0, 0.05) is 18.2 Å². The van der Waals surface area contributed by atoms with E-state index in [1.807, 2.05) is 19.1 Å². The molecule has 1 aliphatic rings. The van der Waals surface area contributed by atoms with Crippen molar-refractivity contribution in [1.29, 1.82) is 0 Å². The van der Waals surface area contributed by atoms with Crippen LogP contribution < -0.4 is 10.1 Å². The molecule has 0 radical (unpaired) electrons. The number of rotatable bonds is 1. The average Bonchev–Trinajstić information content (AvgIpc) is 2.20. The fourth-order valence-corrected chi connectivity index (χ4v) is 2.45. The summed E-state index contributed by atoms with van der Waals surface area (Å²) in [5.74, 6) is 0.332. The molecule has 1 aromatic carbocycles. The van der Waals surface area contributed by atoms with Gasteiger partial charge in [-0.3, -0.25) is 4.79 Å². The van der Waals surface area contributed by atoms with Crippen molar-refractivity contribution >= 4 is 17.2 Å². The van der Waals surface area contributed by atoms with E-state index in [1.165, 1.54) is 6.92 Å². The number of hydrogen-bond donors (Lipinski definition) is 1. The number of nitrogens with one attached hydrogen (secondary N) is 1. The van der Waals surface area contributed by atoms with Gasteiger partial charge in [-0.15, -0.1) is 0 Å². The first-order chi connectivity index (χ1) is 8.30. The second-order valence-corrected chi connectivity index (χ2v) is 5.40. The second-order valence-electron chi connectivity index (χ2n) is 5.40. The summed E-state index contributed by atoms with van der Waals surface area (Å²) in [7, 11) is 0. The molecule has 18 heavy (non-hydrogen) atoms. The SMILES string of the molecule is CC(=O)Oc1ccc(C)c2c1C(C)=CC(C)(C)N2. The lowest BCUT2D eigenvalue weighted by Crippen LogP contribution is -2.32. The van der Waals surface area contributed by atoms with Gasteiger partial charge in [-0.2, -0.15) is 0 Å². The van der Waals surface area contributed by atoms with Crippen LogP contribution in [0.15, 0.2) is 18.2 Å². The highest BCUT2D eigenvalue weighted by molar-refractivity contribution is 5.87. The van der Waals surface area contributed by atoms with E-state index < -0.39 is 0 Å². The molecule has 2 rings (SSSR count). The van der Waals surface area contributed by atoms with E-state index in [-0.39, 0.29) is 11.5 Å². The van der Waals surface area contributed by atoms with Gasteiger partial charge in [-0.1, -0.05) is 12.1 Å². The summed E-state index contributed by atoms with van der Waals surface area (Å²) in [6.45, 7) is 9.77. The van der Waals surface area contributed by atoms with Crippen LogP contribution in [0, 0.1) is 6.92 Å². The lowest BCUT2D eigenvalue weighted by atomic mass is 9.89. The molecule has 1 aromatic rings. The molecule has 1 heterocycles. The molecular weight excluding hydrogens is 226 g/mol. The number of ether oxygens (including phenoxy) is 1. The predicted octanol–water partition coefficient (Wildman–Crippen LogP) is 3.53. The number of esters is 1. The first-order valence-electron chi connectivity index (χ1n) is 6.10. The Morgan fingerprint density at radius 2 is 1.94 bits per heavy atom. The Hall–Kier alpha value is -1.77. The van der Waals surface area contributed by atoms with Gasteiger partial charge in [0.1, 0.15) is 5.75 Å². The highest BCUT2D eigenvalue weighted by Crippen LogP contribution is 2.41. The summed E-state index contributed by atoms with van der Waals surface area (Å²) in [5, 5.41) is 3.48. The Morgan fingerprint density at radius 3 is 2.56 bits per heavy atom. The van der Waals surface area contributed by atoms with Crippen molar-refractivity contribution < 1.29 is 9.53 Å². The molecule has 0 atom stereocenters. The quantitative estimate of drug-likeness (QED) is 0.607. The minimum Gasteiger partial charge on any atom is -0.426 e. The molecule has 0 unspecified atom stereocenters. The van der Waals surface area contributed by atoms with Crippen LogP contribution in [-0.2, 0) is 4.79 Å². The molecule has 0 aliphatic carbocycles. The Morgan fingerprint density at radius 1 is 1.28 bits per heavy atom. The van der Waals surface area contributed by atoms with Crippen LogP contribution in [0.25, 0.3) is 5.57 Å². The normalized spacial score (nSPS) is 16.4. The Bertz CT molecular complexity index is 542. The zero-order valence-corrected chi connectivity index (χ0v) is 11.5. The Balaban J connectivity index is 2.61. The van der Waals surface area contributed by atoms with Crippen LogP contribution in [0.3, 0.4) is 0 Å². The number of fused-ring (bicyclic) bond motifs is 1. The van der Waals surface area contributed by atoms with Crippen molar-refractivity contribution in [3.05, 3.63) is 29.3 Å². The van der Waals surface area contributed by atoms with Crippen LogP contribution in [0.1, 0.15) is 38.8 Å². The number of anilines is 1. The molecule has 0 fully saturated rings. The molecule has 1 aliphatic heterocycles. The van der Waals surface area contributed by atoms with E-state index in [2.05, 4.69) is 32.2 Å². The van der Waals surface area contributed by atoms with E-state index in [9.17, 15) is 4.79 Å². The zero-order valence-electron chi connectivity index (χ0n) is 11.5. The van der Waals surface area contributed by atoms with Crippen LogP contribution in [0.4, 0.5) is 5.69 Å². The standard InChI is InChI=1S/C15H19NO2/c1-9-6-7-12(18-11(3)17)13-10(2)8-15(4,5)16-14(9)13/h6-8,16H,1-5H3. The zero-order chi connectivity index (χ0) is 13.5. The number of carbonyl (C=O) groups excluding carboxylic acids is 1. The minimum atomic E-state index is -0.293. The third-order valence-electron chi connectivity index (χ3n) is 3.05. The molecule has 0 aromatic heterocycles. The predicted molar refractivity (Wildman–Crippen MR) is 73.8 cm³/mol. The average molecular weight is 245 g/mol. The number of aryl methyl sites for hydroxylation is 1. The van der Waals surface area contributed by atoms with Crippen molar-refractivity contribution in [2.75, 3.05) is 5.32 Å². The lowest BCUT2D eigenvalue weighted by molar-refractivity contribution is -0.131. The number of benzene rings is 1. The second kappa shape index (κ2) is 4.16. The Labute approximate surface area is 108 Å². The van der Waals surface area contributed by atoms with Crippen LogP contribution >= 0.6 is 0 Å². The molecule has 3 heteroatoms. The Kier molecular flexibility index (Phi) is 2.93. The highest BCUT2D eigenvalue weighted by Gasteiger charge is 2.26. The van der Waals surface area contributed by atoms with Gasteiger partial charge >= 0.3 is 5.97 Å². The monoisotopic (exact) mass is 245 g/mol. The molecule has 3 nitrogen and oxygen atoms in total. The van der Waals surface area contributed by atoms with Crippen molar-refractivity contribution in [1.82, 2.24) is 0 Å². The fourth-order valence-electron chi connectivity index (χ4n) is 2.45. The van der Waals surface area contributed by atoms with E-state index >= 15 is 0 Å². The van der Waals surface area contributed by atoms with E-state index in [4.69, 9.17) is 4.74 Å². The van der Waals surface area contributed by atoms with Gasteiger partial charge in [-0.25, -0.2) is 0 Å². The maximum Gasteiger partial charge on any atom is 0.308 e. The summed E-state index contributed by atoms with van der Waals surface area (Å²) < 4.78 is 5.29. The minimum absolute atomic E-state index is 0.0866. The van der Waals surface area contributed by atoms with Gasteiger partial charge in [0.25, 0.3) is 0 Å². The molecule has 1 N–H and O–H groups in total. The molecule has 0 spiro atoms. The van der Waals surface area contributed by atoms with Crippen molar-refractivity contribution in [2.24, 2.45) is 0 Å². The van der Waals surface area contributed by atoms with Crippen molar-refractivity contribution in [3.8, 4) is 5.75 Å². The van der Waals surface area contributed by atoms with Crippen LogP contribution in [-0.4, -0.2) is 11.5 Å². The maximum absolute atomic E-state index is 11.2. The summed E-state index contributed by atoms with van der Waals surface area (Å²) in [6.07, 6.45) is 2.15. The summed E-state index contributed by atoms with van der Waals surface area (Å²) in [5.41, 5.74) is 4.25. The van der Waals surface area contributed by atoms with Crippen LogP contribution in [0.5, 0.6) is 5.75 Å². The third-order valence-corrected chi connectivity index (χ3v) is 3.05. The highest BCUT2D eigenvalue weighted by atomic mass is 16.5. The van der Waals surface area contributed by atoms with E-state index in [1.54, 1.807) is 0 Å². The molecular formula is C15H19NO2.